The third kappa shape index (κ3) is 4.14. The zero-order chi connectivity index (χ0) is 13.9. The molecule has 0 radical (unpaired) electrons. The lowest BCUT2D eigenvalue weighted by Crippen LogP contribution is -2.08. The first kappa shape index (κ1) is 14.2. The molecule has 0 aliphatic heterocycles. The molecule has 19 heavy (non-hydrogen) atoms. The minimum atomic E-state index is -3.24. The van der Waals surface area contributed by atoms with Gasteiger partial charge in [0.15, 0.2) is 9.84 Å². The fourth-order valence-corrected chi connectivity index (χ4v) is 3.53. The third-order valence-electron chi connectivity index (χ3n) is 2.51. The number of aryl methyl sites for hydroxylation is 1. The van der Waals surface area contributed by atoms with Crippen molar-refractivity contribution in [3.63, 3.8) is 0 Å². The normalized spacial score (nSPS) is 11.7. The molecule has 0 amide bonds. The fourth-order valence-electron chi connectivity index (χ4n) is 1.71. The van der Waals surface area contributed by atoms with Crippen LogP contribution in [0.3, 0.4) is 0 Å². The van der Waals surface area contributed by atoms with E-state index in [9.17, 15) is 8.42 Å². The summed E-state index contributed by atoms with van der Waals surface area (Å²) in [5.74, 6) is -0.0784. The maximum atomic E-state index is 12.1. The van der Waals surface area contributed by atoms with Crippen LogP contribution in [0.1, 0.15) is 18.2 Å². The van der Waals surface area contributed by atoms with E-state index in [1.54, 1.807) is 12.1 Å². The number of sulfone groups is 1. The molecule has 1 aromatic carbocycles. The van der Waals surface area contributed by atoms with Crippen LogP contribution >= 0.6 is 15.9 Å². The molecule has 5 nitrogen and oxygen atoms in total. The molecule has 2 rings (SSSR count). The summed E-state index contributed by atoms with van der Waals surface area (Å²) in [6.07, 6.45) is 1.50. The minimum Gasteiger partial charge on any atom is -0.228 e. The lowest BCUT2D eigenvalue weighted by Gasteiger charge is -2.03. The molecule has 0 aliphatic carbocycles. The van der Waals surface area contributed by atoms with Crippen molar-refractivity contribution in [2.24, 2.45) is 0 Å². The van der Waals surface area contributed by atoms with Gasteiger partial charge in [-0.25, -0.2) is 8.42 Å². The number of aromatic nitrogens is 3. The van der Waals surface area contributed by atoms with Crippen LogP contribution in [-0.2, 0) is 27.9 Å². The fraction of sp³-hybridized carbons (Fsp3) is 0.333. The van der Waals surface area contributed by atoms with Crippen LogP contribution in [0.15, 0.2) is 34.9 Å². The van der Waals surface area contributed by atoms with E-state index in [4.69, 9.17) is 0 Å². The van der Waals surface area contributed by atoms with Crippen molar-refractivity contribution in [1.29, 1.82) is 0 Å². The highest BCUT2D eigenvalue weighted by Crippen LogP contribution is 2.15. The van der Waals surface area contributed by atoms with Crippen LogP contribution in [0.4, 0.5) is 0 Å². The molecule has 7 heteroatoms. The predicted octanol–water partition coefficient (Wildman–Crippen LogP) is 2.18. The zero-order valence-electron chi connectivity index (χ0n) is 10.5. The molecular weight excluding hydrogens is 330 g/mol. The Morgan fingerprint density at radius 3 is 2.74 bits per heavy atom. The second kappa shape index (κ2) is 5.83. The molecule has 0 aliphatic rings. The molecule has 2 aromatic rings. The SMILES string of the molecule is CCn1ncc(CS(=O)(=O)Cc2cccc(Br)c2)n1. The second-order valence-electron chi connectivity index (χ2n) is 4.19. The summed E-state index contributed by atoms with van der Waals surface area (Å²) in [7, 11) is -3.24. The molecule has 1 aromatic heterocycles. The van der Waals surface area contributed by atoms with Crippen LogP contribution in [0.5, 0.6) is 0 Å². The van der Waals surface area contributed by atoms with Gasteiger partial charge < -0.3 is 0 Å². The molecule has 0 spiro atoms. The summed E-state index contributed by atoms with van der Waals surface area (Å²) in [6.45, 7) is 2.53. The van der Waals surface area contributed by atoms with Crippen molar-refractivity contribution >= 4 is 25.8 Å². The summed E-state index contributed by atoms with van der Waals surface area (Å²) in [4.78, 5) is 1.48. The van der Waals surface area contributed by atoms with Crippen LogP contribution in [-0.4, -0.2) is 23.4 Å². The molecule has 1 heterocycles. The van der Waals surface area contributed by atoms with E-state index in [-0.39, 0.29) is 11.5 Å². The minimum absolute atomic E-state index is 0.00538. The highest BCUT2D eigenvalue weighted by Gasteiger charge is 2.15. The van der Waals surface area contributed by atoms with Gasteiger partial charge in [0, 0.05) is 4.47 Å². The predicted molar refractivity (Wildman–Crippen MR) is 76.2 cm³/mol. The number of nitrogens with zero attached hydrogens (tertiary/aromatic N) is 3. The Morgan fingerprint density at radius 2 is 2.11 bits per heavy atom. The van der Waals surface area contributed by atoms with Crippen molar-refractivity contribution in [1.82, 2.24) is 15.0 Å². The van der Waals surface area contributed by atoms with Crippen molar-refractivity contribution in [3.05, 3.63) is 46.2 Å². The summed E-state index contributed by atoms with van der Waals surface area (Å²) < 4.78 is 25.0. The summed E-state index contributed by atoms with van der Waals surface area (Å²) in [5, 5.41) is 8.06. The summed E-state index contributed by atoms with van der Waals surface area (Å²) >= 11 is 3.33. The van der Waals surface area contributed by atoms with Gasteiger partial charge in [0.05, 0.1) is 29.9 Å². The maximum absolute atomic E-state index is 12.1. The lowest BCUT2D eigenvalue weighted by molar-refractivity contribution is 0.563. The number of hydrogen-bond acceptors (Lipinski definition) is 4. The van der Waals surface area contributed by atoms with E-state index < -0.39 is 9.84 Å². The van der Waals surface area contributed by atoms with Crippen molar-refractivity contribution in [3.8, 4) is 0 Å². The van der Waals surface area contributed by atoms with Gasteiger partial charge in [-0.15, -0.1) is 0 Å². The van der Waals surface area contributed by atoms with Crippen LogP contribution in [0.2, 0.25) is 0 Å². The molecule has 102 valence electrons. The van der Waals surface area contributed by atoms with Gasteiger partial charge in [-0.2, -0.15) is 15.0 Å². The Kier molecular flexibility index (Phi) is 4.36. The Labute approximate surface area is 120 Å². The van der Waals surface area contributed by atoms with E-state index in [1.165, 1.54) is 11.0 Å². The number of rotatable bonds is 5. The monoisotopic (exact) mass is 343 g/mol. The Bertz CT molecular complexity index is 667. The smallest absolute Gasteiger partial charge is 0.160 e. The first-order chi connectivity index (χ1) is 8.98. The van der Waals surface area contributed by atoms with E-state index >= 15 is 0 Å². The highest BCUT2D eigenvalue weighted by atomic mass is 79.9. The highest BCUT2D eigenvalue weighted by molar-refractivity contribution is 9.10. The van der Waals surface area contributed by atoms with Crippen molar-refractivity contribution in [2.75, 3.05) is 0 Å². The number of halogens is 1. The van der Waals surface area contributed by atoms with E-state index in [2.05, 4.69) is 26.1 Å². The van der Waals surface area contributed by atoms with E-state index in [1.807, 2.05) is 19.1 Å². The molecule has 0 bridgehead atoms. The molecule has 0 saturated carbocycles. The van der Waals surface area contributed by atoms with E-state index in [0.717, 1.165) is 10.0 Å². The standard InChI is InChI=1S/C12H14BrN3O2S/c1-2-16-14-7-12(15-16)9-19(17,18)8-10-4-3-5-11(13)6-10/h3-7H,2,8-9H2,1H3. The average Bonchev–Trinajstić information content (AvgIpc) is 2.75. The number of hydrogen-bond donors (Lipinski definition) is 0. The first-order valence-corrected chi connectivity index (χ1v) is 8.44. The zero-order valence-corrected chi connectivity index (χ0v) is 12.9. The Morgan fingerprint density at radius 1 is 1.32 bits per heavy atom. The number of benzene rings is 1. The Hall–Kier alpha value is -1.21. The maximum Gasteiger partial charge on any atom is 0.160 e. The third-order valence-corrected chi connectivity index (χ3v) is 4.51. The van der Waals surface area contributed by atoms with Crippen LogP contribution < -0.4 is 0 Å². The largest absolute Gasteiger partial charge is 0.228 e. The quantitative estimate of drug-likeness (QED) is 0.834. The molecule has 0 fully saturated rings. The van der Waals surface area contributed by atoms with Gasteiger partial charge in [-0.05, 0) is 24.6 Å². The van der Waals surface area contributed by atoms with E-state index in [0.29, 0.717) is 12.2 Å². The van der Waals surface area contributed by atoms with Crippen LogP contribution in [0.25, 0.3) is 0 Å². The molecule has 0 unspecified atom stereocenters. The van der Waals surface area contributed by atoms with Gasteiger partial charge in [-0.3, -0.25) is 0 Å². The molecule has 0 atom stereocenters. The molecule has 0 saturated heterocycles. The second-order valence-corrected chi connectivity index (χ2v) is 7.17. The van der Waals surface area contributed by atoms with Gasteiger partial charge in [0.2, 0.25) is 0 Å². The molecular formula is C12H14BrN3O2S. The lowest BCUT2D eigenvalue weighted by atomic mass is 10.2. The summed E-state index contributed by atoms with van der Waals surface area (Å²) in [5.41, 5.74) is 1.24. The Balaban J connectivity index is 2.10. The van der Waals surface area contributed by atoms with Gasteiger partial charge in [-0.1, -0.05) is 28.1 Å². The first-order valence-electron chi connectivity index (χ1n) is 5.82. The van der Waals surface area contributed by atoms with Crippen LogP contribution in [0, 0.1) is 0 Å². The van der Waals surface area contributed by atoms with Gasteiger partial charge in [0.25, 0.3) is 0 Å². The molecule has 0 N–H and O–H groups in total. The summed E-state index contributed by atoms with van der Waals surface area (Å²) in [6, 6.07) is 7.29. The van der Waals surface area contributed by atoms with Crippen molar-refractivity contribution in [2.45, 2.75) is 25.0 Å². The van der Waals surface area contributed by atoms with Crippen molar-refractivity contribution < 1.29 is 8.42 Å². The average molecular weight is 344 g/mol. The topological polar surface area (TPSA) is 64.8 Å². The van der Waals surface area contributed by atoms with Gasteiger partial charge in [0.1, 0.15) is 0 Å². The van der Waals surface area contributed by atoms with Gasteiger partial charge >= 0.3 is 0 Å².